The molecule has 0 aliphatic heterocycles. The van der Waals surface area contributed by atoms with E-state index in [1.165, 1.54) is 22.6 Å². The molecule has 0 radical (unpaired) electrons. The molecule has 0 atom stereocenters. The van der Waals surface area contributed by atoms with Gasteiger partial charge in [-0.3, -0.25) is 0 Å². The highest BCUT2D eigenvalue weighted by Gasteiger charge is 2.18. The van der Waals surface area contributed by atoms with Crippen LogP contribution < -0.4 is 9.88 Å². The standard InChI is InChI=1S/C20H21N2/c1-15-13-16(2)22(17(3)14-15)20-12-8-7-11-19(20)21-18-9-5-4-6-10-18/h4-14,21H,1-3H3/q+1. The van der Waals surface area contributed by atoms with Crippen LogP contribution in [0.4, 0.5) is 11.4 Å². The van der Waals surface area contributed by atoms with E-state index < -0.39 is 0 Å². The van der Waals surface area contributed by atoms with E-state index in [0.717, 1.165) is 11.4 Å². The van der Waals surface area contributed by atoms with Crippen LogP contribution in [0.5, 0.6) is 0 Å². The molecule has 0 saturated heterocycles. The fourth-order valence-corrected chi connectivity index (χ4v) is 2.94. The summed E-state index contributed by atoms with van der Waals surface area (Å²) >= 11 is 0. The molecule has 0 spiro atoms. The SMILES string of the molecule is Cc1cc(C)[n+](-c2ccccc2Nc2ccccc2)c(C)c1. The van der Waals surface area contributed by atoms with Crippen LogP contribution in [-0.4, -0.2) is 0 Å². The number of benzene rings is 2. The largest absolute Gasteiger partial charge is 0.350 e. The number of hydrogen-bond donors (Lipinski definition) is 1. The summed E-state index contributed by atoms with van der Waals surface area (Å²) < 4.78 is 2.29. The molecule has 3 rings (SSSR count). The average molecular weight is 289 g/mol. The molecular formula is C20H21N2+. The third-order valence-electron chi connectivity index (χ3n) is 3.78. The lowest BCUT2D eigenvalue weighted by Crippen LogP contribution is -2.38. The second-order valence-corrected chi connectivity index (χ2v) is 5.66. The molecule has 22 heavy (non-hydrogen) atoms. The highest BCUT2D eigenvalue weighted by molar-refractivity contribution is 5.66. The predicted molar refractivity (Wildman–Crippen MR) is 91.9 cm³/mol. The first-order valence-corrected chi connectivity index (χ1v) is 7.56. The van der Waals surface area contributed by atoms with Crippen molar-refractivity contribution in [2.24, 2.45) is 0 Å². The first-order valence-electron chi connectivity index (χ1n) is 7.56. The van der Waals surface area contributed by atoms with Crippen molar-refractivity contribution in [3.05, 3.63) is 83.7 Å². The molecule has 0 aliphatic carbocycles. The second-order valence-electron chi connectivity index (χ2n) is 5.66. The number of rotatable bonds is 3. The summed E-state index contributed by atoms with van der Waals surface area (Å²) in [6.45, 7) is 6.44. The molecule has 0 bridgehead atoms. The smallest absolute Gasteiger partial charge is 0.234 e. The monoisotopic (exact) mass is 289 g/mol. The van der Waals surface area contributed by atoms with Gasteiger partial charge in [-0.2, -0.15) is 4.57 Å². The van der Waals surface area contributed by atoms with Gasteiger partial charge in [-0.25, -0.2) is 0 Å². The third kappa shape index (κ3) is 2.86. The fraction of sp³-hybridized carbons (Fsp3) is 0.150. The Morgan fingerprint density at radius 1 is 0.727 bits per heavy atom. The van der Waals surface area contributed by atoms with Crippen LogP contribution in [0.2, 0.25) is 0 Å². The Balaban J connectivity index is 2.09. The minimum Gasteiger partial charge on any atom is -0.350 e. The number of anilines is 2. The molecule has 2 nitrogen and oxygen atoms in total. The Morgan fingerprint density at radius 3 is 2.00 bits per heavy atom. The van der Waals surface area contributed by atoms with Gasteiger partial charge in [-0.15, -0.1) is 0 Å². The first kappa shape index (κ1) is 14.3. The van der Waals surface area contributed by atoms with Crippen molar-refractivity contribution in [3.8, 4) is 5.69 Å². The van der Waals surface area contributed by atoms with Gasteiger partial charge in [0.15, 0.2) is 11.4 Å². The van der Waals surface area contributed by atoms with E-state index >= 15 is 0 Å². The van der Waals surface area contributed by atoms with E-state index in [2.05, 4.69) is 79.2 Å². The molecule has 0 fully saturated rings. The maximum absolute atomic E-state index is 3.52. The van der Waals surface area contributed by atoms with Gasteiger partial charge in [-0.05, 0) is 30.7 Å². The van der Waals surface area contributed by atoms with Gasteiger partial charge < -0.3 is 5.32 Å². The molecule has 1 N–H and O–H groups in total. The van der Waals surface area contributed by atoms with Crippen molar-refractivity contribution < 1.29 is 4.57 Å². The quantitative estimate of drug-likeness (QED) is 0.695. The number of nitrogens with one attached hydrogen (secondary N) is 1. The van der Waals surface area contributed by atoms with E-state index in [9.17, 15) is 0 Å². The summed E-state index contributed by atoms with van der Waals surface area (Å²) in [5.41, 5.74) is 7.13. The number of nitrogens with zero attached hydrogens (tertiary/aromatic N) is 1. The minimum atomic E-state index is 1.10. The fourth-order valence-electron chi connectivity index (χ4n) is 2.94. The molecule has 0 unspecified atom stereocenters. The predicted octanol–water partition coefficient (Wildman–Crippen LogP) is 4.63. The first-order chi connectivity index (χ1) is 10.6. The van der Waals surface area contributed by atoms with Gasteiger partial charge >= 0.3 is 0 Å². The number of pyridine rings is 1. The van der Waals surface area contributed by atoms with Gasteiger partial charge in [0.05, 0.1) is 0 Å². The van der Waals surface area contributed by atoms with Gasteiger partial charge in [0.1, 0.15) is 5.69 Å². The Morgan fingerprint density at radius 2 is 1.32 bits per heavy atom. The molecule has 1 aromatic heterocycles. The van der Waals surface area contributed by atoms with Gasteiger partial charge in [0, 0.05) is 37.7 Å². The Hall–Kier alpha value is -2.61. The average Bonchev–Trinajstić information content (AvgIpc) is 2.49. The van der Waals surface area contributed by atoms with E-state index in [1.54, 1.807) is 0 Å². The number of aryl methyl sites for hydroxylation is 3. The maximum Gasteiger partial charge on any atom is 0.234 e. The van der Waals surface area contributed by atoms with E-state index in [-0.39, 0.29) is 0 Å². The Bertz CT molecular complexity index is 769. The molecule has 0 saturated carbocycles. The van der Waals surface area contributed by atoms with Crippen molar-refractivity contribution >= 4 is 11.4 Å². The zero-order valence-corrected chi connectivity index (χ0v) is 13.3. The molecule has 110 valence electrons. The summed E-state index contributed by atoms with van der Waals surface area (Å²) in [5.74, 6) is 0. The normalized spacial score (nSPS) is 10.5. The zero-order valence-electron chi connectivity index (χ0n) is 13.3. The molecule has 1 heterocycles. The zero-order chi connectivity index (χ0) is 15.5. The van der Waals surface area contributed by atoms with Crippen LogP contribution in [0.25, 0.3) is 5.69 Å². The lowest BCUT2D eigenvalue weighted by atomic mass is 10.1. The van der Waals surface area contributed by atoms with Crippen molar-refractivity contribution in [1.29, 1.82) is 0 Å². The second kappa shape index (κ2) is 6.02. The number of para-hydroxylation sites is 3. The van der Waals surface area contributed by atoms with E-state index in [1.807, 2.05) is 18.2 Å². The van der Waals surface area contributed by atoms with Gasteiger partial charge in [0.2, 0.25) is 5.69 Å². The van der Waals surface area contributed by atoms with Crippen molar-refractivity contribution in [2.45, 2.75) is 20.8 Å². The van der Waals surface area contributed by atoms with Gasteiger partial charge in [0.25, 0.3) is 0 Å². The highest BCUT2D eigenvalue weighted by Crippen LogP contribution is 2.21. The van der Waals surface area contributed by atoms with Crippen LogP contribution in [-0.2, 0) is 0 Å². The topological polar surface area (TPSA) is 15.9 Å². The third-order valence-corrected chi connectivity index (χ3v) is 3.78. The molecule has 0 amide bonds. The molecule has 3 aromatic rings. The van der Waals surface area contributed by atoms with Gasteiger partial charge in [-0.1, -0.05) is 30.3 Å². The lowest BCUT2D eigenvalue weighted by molar-refractivity contribution is -0.608. The summed E-state index contributed by atoms with van der Waals surface area (Å²) in [4.78, 5) is 0. The van der Waals surface area contributed by atoms with E-state index in [4.69, 9.17) is 0 Å². The Labute approximate surface area is 132 Å². The van der Waals surface area contributed by atoms with Crippen LogP contribution in [0.3, 0.4) is 0 Å². The van der Waals surface area contributed by atoms with E-state index in [0.29, 0.717) is 0 Å². The molecular weight excluding hydrogens is 268 g/mol. The summed E-state index contributed by atoms with van der Waals surface area (Å²) in [5, 5.41) is 3.52. The van der Waals surface area contributed by atoms with Crippen LogP contribution >= 0.6 is 0 Å². The molecule has 2 aromatic carbocycles. The van der Waals surface area contributed by atoms with Crippen LogP contribution in [0.15, 0.2) is 66.7 Å². The molecule has 0 aliphatic rings. The van der Waals surface area contributed by atoms with Crippen LogP contribution in [0.1, 0.15) is 17.0 Å². The number of aromatic nitrogens is 1. The van der Waals surface area contributed by atoms with Crippen molar-refractivity contribution in [1.82, 2.24) is 0 Å². The molecule has 2 heteroatoms. The number of hydrogen-bond acceptors (Lipinski definition) is 1. The maximum atomic E-state index is 3.52. The van der Waals surface area contributed by atoms with Crippen LogP contribution in [0, 0.1) is 20.8 Å². The summed E-state index contributed by atoms with van der Waals surface area (Å²) in [7, 11) is 0. The lowest BCUT2D eigenvalue weighted by Gasteiger charge is -2.11. The highest BCUT2D eigenvalue weighted by atomic mass is 15.0. The van der Waals surface area contributed by atoms with Crippen molar-refractivity contribution in [3.63, 3.8) is 0 Å². The summed E-state index contributed by atoms with van der Waals surface area (Å²) in [6.07, 6.45) is 0. The Kier molecular flexibility index (Phi) is 3.92. The summed E-state index contributed by atoms with van der Waals surface area (Å²) in [6, 6.07) is 23.1. The van der Waals surface area contributed by atoms with Crippen molar-refractivity contribution in [2.75, 3.05) is 5.32 Å². The minimum absolute atomic E-state index is 1.10.